The lowest BCUT2D eigenvalue weighted by Crippen LogP contribution is -2.15. The Morgan fingerprint density at radius 1 is 1.00 bits per heavy atom. The van der Waals surface area contributed by atoms with Gasteiger partial charge in [-0.2, -0.15) is 0 Å². The summed E-state index contributed by atoms with van der Waals surface area (Å²) in [6, 6.07) is 13.9. The van der Waals surface area contributed by atoms with Crippen molar-refractivity contribution in [3.8, 4) is 11.1 Å². The van der Waals surface area contributed by atoms with Crippen LogP contribution in [-0.2, 0) is 0 Å². The second-order valence-electron chi connectivity index (χ2n) is 5.65. The van der Waals surface area contributed by atoms with Crippen LogP contribution in [0.3, 0.4) is 0 Å². The Bertz CT molecular complexity index is 571. The van der Waals surface area contributed by atoms with E-state index in [0.717, 1.165) is 6.42 Å². The molecule has 0 radical (unpaired) electrons. The Morgan fingerprint density at radius 2 is 1.65 bits per heavy atom. The van der Waals surface area contributed by atoms with Crippen molar-refractivity contribution >= 4 is 0 Å². The maximum absolute atomic E-state index is 3.39. The van der Waals surface area contributed by atoms with Crippen molar-refractivity contribution in [1.82, 2.24) is 5.32 Å². The highest BCUT2D eigenvalue weighted by molar-refractivity contribution is 5.71. The predicted molar refractivity (Wildman–Crippen MR) is 88.2 cm³/mol. The summed E-state index contributed by atoms with van der Waals surface area (Å²) in [5, 5.41) is 3.39. The van der Waals surface area contributed by atoms with Gasteiger partial charge in [0.25, 0.3) is 0 Å². The first-order chi connectivity index (χ1) is 9.56. The van der Waals surface area contributed by atoms with Gasteiger partial charge in [0.1, 0.15) is 0 Å². The van der Waals surface area contributed by atoms with Crippen LogP contribution in [0.2, 0.25) is 0 Å². The molecular weight excluding hydrogens is 242 g/mol. The summed E-state index contributed by atoms with van der Waals surface area (Å²) in [6.45, 7) is 8.79. The first-order valence-corrected chi connectivity index (χ1v) is 7.42. The van der Waals surface area contributed by atoms with E-state index in [1.807, 2.05) is 7.05 Å². The van der Waals surface area contributed by atoms with E-state index >= 15 is 0 Å². The van der Waals surface area contributed by atoms with Crippen molar-refractivity contribution in [3.63, 3.8) is 0 Å². The zero-order valence-corrected chi connectivity index (χ0v) is 13.2. The van der Waals surface area contributed by atoms with Gasteiger partial charge < -0.3 is 5.32 Å². The number of nitrogens with one attached hydrogen (secondary N) is 1. The zero-order valence-electron chi connectivity index (χ0n) is 13.2. The molecule has 2 aromatic rings. The smallest absolute Gasteiger partial charge is 0.0315 e. The Balaban J connectivity index is 2.51. The predicted octanol–water partition coefficient (Wildman–Crippen LogP) is 4.95. The normalized spacial score (nSPS) is 12.4. The molecule has 1 heteroatoms. The molecule has 0 saturated heterocycles. The number of benzene rings is 2. The molecule has 2 rings (SSSR count). The fraction of sp³-hybridized carbons (Fsp3) is 0.368. The third kappa shape index (κ3) is 2.94. The molecule has 1 nitrogen and oxygen atoms in total. The Kier molecular flexibility index (Phi) is 4.61. The second-order valence-corrected chi connectivity index (χ2v) is 5.65. The SMILES string of the molecule is CCC(NC)c1cccc(-c2c(C)cc(C)cc2C)c1. The lowest BCUT2D eigenvalue weighted by molar-refractivity contribution is 0.577. The Hall–Kier alpha value is -1.60. The van der Waals surface area contributed by atoms with Gasteiger partial charge in [0.15, 0.2) is 0 Å². The summed E-state index contributed by atoms with van der Waals surface area (Å²) in [7, 11) is 2.03. The molecule has 0 fully saturated rings. The first-order valence-electron chi connectivity index (χ1n) is 7.42. The highest BCUT2D eigenvalue weighted by Gasteiger charge is 2.10. The van der Waals surface area contributed by atoms with E-state index in [1.165, 1.54) is 33.4 Å². The van der Waals surface area contributed by atoms with Crippen LogP contribution in [0.25, 0.3) is 11.1 Å². The van der Waals surface area contributed by atoms with Crippen LogP contribution in [0, 0.1) is 20.8 Å². The van der Waals surface area contributed by atoms with Gasteiger partial charge in [-0.1, -0.05) is 42.8 Å². The topological polar surface area (TPSA) is 12.0 Å². The maximum atomic E-state index is 3.39. The highest BCUT2D eigenvalue weighted by atomic mass is 14.9. The van der Waals surface area contributed by atoms with Crippen molar-refractivity contribution in [2.45, 2.75) is 40.2 Å². The molecule has 0 bridgehead atoms. The average molecular weight is 267 g/mol. The third-order valence-electron chi connectivity index (χ3n) is 4.01. The Morgan fingerprint density at radius 3 is 2.20 bits per heavy atom. The molecule has 1 N–H and O–H groups in total. The van der Waals surface area contributed by atoms with Crippen molar-refractivity contribution in [2.75, 3.05) is 7.05 Å². The van der Waals surface area contributed by atoms with E-state index in [1.54, 1.807) is 0 Å². The average Bonchev–Trinajstić information content (AvgIpc) is 2.39. The van der Waals surface area contributed by atoms with E-state index in [-0.39, 0.29) is 0 Å². The van der Waals surface area contributed by atoms with Gasteiger partial charge >= 0.3 is 0 Å². The molecule has 106 valence electrons. The first kappa shape index (κ1) is 14.8. The molecule has 0 spiro atoms. The summed E-state index contributed by atoms with van der Waals surface area (Å²) < 4.78 is 0. The maximum Gasteiger partial charge on any atom is 0.0315 e. The van der Waals surface area contributed by atoms with Crippen molar-refractivity contribution in [2.24, 2.45) is 0 Å². The van der Waals surface area contributed by atoms with E-state index in [2.05, 4.69) is 69.4 Å². The quantitative estimate of drug-likeness (QED) is 0.826. The third-order valence-corrected chi connectivity index (χ3v) is 4.01. The molecule has 0 heterocycles. The second kappa shape index (κ2) is 6.23. The van der Waals surface area contributed by atoms with E-state index in [9.17, 15) is 0 Å². The lowest BCUT2D eigenvalue weighted by Gasteiger charge is -2.17. The standard InChI is InChI=1S/C19H25N/c1-6-18(20-5)16-8-7-9-17(12-16)19-14(3)10-13(2)11-15(19)4/h7-12,18,20H,6H2,1-5H3. The van der Waals surface area contributed by atoms with Crippen LogP contribution >= 0.6 is 0 Å². The molecule has 0 aliphatic carbocycles. The minimum atomic E-state index is 0.431. The van der Waals surface area contributed by atoms with Crippen LogP contribution in [0.1, 0.15) is 41.6 Å². The highest BCUT2D eigenvalue weighted by Crippen LogP contribution is 2.30. The summed E-state index contributed by atoms with van der Waals surface area (Å²) in [5.74, 6) is 0. The van der Waals surface area contributed by atoms with Crippen LogP contribution in [0.4, 0.5) is 0 Å². The number of aryl methyl sites for hydroxylation is 3. The van der Waals surface area contributed by atoms with Gasteiger partial charge in [-0.15, -0.1) is 0 Å². The van der Waals surface area contributed by atoms with Gasteiger partial charge in [-0.25, -0.2) is 0 Å². The van der Waals surface area contributed by atoms with Crippen molar-refractivity contribution in [1.29, 1.82) is 0 Å². The van der Waals surface area contributed by atoms with E-state index in [0.29, 0.717) is 6.04 Å². The van der Waals surface area contributed by atoms with Crippen molar-refractivity contribution in [3.05, 3.63) is 58.7 Å². The number of hydrogen-bond acceptors (Lipinski definition) is 1. The molecule has 1 atom stereocenters. The molecule has 1 unspecified atom stereocenters. The zero-order chi connectivity index (χ0) is 14.7. The van der Waals surface area contributed by atoms with Crippen LogP contribution in [0.15, 0.2) is 36.4 Å². The fourth-order valence-corrected chi connectivity index (χ4v) is 3.15. The molecule has 0 aliphatic heterocycles. The van der Waals surface area contributed by atoms with E-state index < -0.39 is 0 Å². The van der Waals surface area contributed by atoms with Crippen molar-refractivity contribution < 1.29 is 0 Å². The van der Waals surface area contributed by atoms with E-state index in [4.69, 9.17) is 0 Å². The van der Waals surface area contributed by atoms with Crippen LogP contribution in [0.5, 0.6) is 0 Å². The van der Waals surface area contributed by atoms with Gasteiger partial charge in [0, 0.05) is 6.04 Å². The monoisotopic (exact) mass is 267 g/mol. The van der Waals surface area contributed by atoms with Gasteiger partial charge in [0.2, 0.25) is 0 Å². The summed E-state index contributed by atoms with van der Waals surface area (Å²) in [4.78, 5) is 0. The minimum Gasteiger partial charge on any atom is -0.313 e. The largest absolute Gasteiger partial charge is 0.313 e. The fourth-order valence-electron chi connectivity index (χ4n) is 3.15. The van der Waals surface area contributed by atoms with Crippen LogP contribution < -0.4 is 5.32 Å². The molecule has 0 saturated carbocycles. The van der Waals surface area contributed by atoms with Gasteiger partial charge in [-0.3, -0.25) is 0 Å². The van der Waals surface area contributed by atoms with Crippen LogP contribution in [-0.4, -0.2) is 7.05 Å². The number of hydrogen-bond donors (Lipinski definition) is 1. The summed E-state index contributed by atoms with van der Waals surface area (Å²) in [6.07, 6.45) is 1.10. The Labute approximate surface area is 123 Å². The van der Waals surface area contributed by atoms with Gasteiger partial charge in [0.05, 0.1) is 0 Å². The lowest BCUT2D eigenvalue weighted by atomic mass is 9.91. The molecule has 0 aromatic heterocycles. The molecule has 0 aliphatic rings. The van der Waals surface area contributed by atoms with Gasteiger partial charge in [-0.05, 0) is 68.1 Å². The minimum absolute atomic E-state index is 0.431. The molecular formula is C19H25N. The molecule has 0 amide bonds. The number of rotatable bonds is 4. The molecule has 20 heavy (non-hydrogen) atoms. The summed E-state index contributed by atoms with van der Waals surface area (Å²) in [5.41, 5.74) is 8.12. The molecule has 2 aromatic carbocycles. The summed E-state index contributed by atoms with van der Waals surface area (Å²) >= 11 is 0.